The number of hydrogen-bond donors (Lipinski definition) is 0. The Bertz CT molecular complexity index is 1030. The van der Waals surface area contributed by atoms with Gasteiger partial charge in [0.25, 0.3) is 0 Å². The third-order valence-corrected chi connectivity index (χ3v) is 4.17. The molecule has 0 aliphatic rings. The van der Waals surface area contributed by atoms with Gasteiger partial charge in [0.05, 0.1) is 12.7 Å². The summed E-state index contributed by atoms with van der Waals surface area (Å²) < 4.78 is 4.90. The molecular weight excluding hydrogens is 272 g/mol. The molecule has 0 unspecified atom stereocenters. The van der Waals surface area contributed by atoms with Gasteiger partial charge in [-0.1, -0.05) is 60.7 Å². The molecule has 0 radical (unpaired) electrons. The van der Waals surface area contributed by atoms with Crippen LogP contribution < -0.4 is 0 Å². The maximum Gasteiger partial charge on any atom is 0.338 e. The molecule has 2 heteroatoms. The fourth-order valence-corrected chi connectivity index (χ4v) is 3.15. The first kappa shape index (κ1) is 12.8. The van der Waals surface area contributed by atoms with Gasteiger partial charge in [-0.05, 0) is 38.4 Å². The molecule has 0 aliphatic heterocycles. The van der Waals surface area contributed by atoms with E-state index < -0.39 is 0 Å². The average Bonchev–Trinajstić information content (AvgIpc) is 2.59. The Morgan fingerprint density at radius 1 is 0.727 bits per heavy atom. The van der Waals surface area contributed by atoms with Gasteiger partial charge in [0.1, 0.15) is 0 Å². The molecule has 0 saturated carbocycles. The Balaban J connectivity index is 2.23. The van der Waals surface area contributed by atoms with Crippen LogP contribution in [0.3, 0.4) is 0 Å². The summed E-state index contributed by atoms with van der Waals surface area (Å²) in [6.07, 6.45) is 0. The minimum absolute atomic E-state index is 0.301. The van der Waals surface area contributed by atoms with E-state index in [1.165, 1.54) is 28.7 Å². The molecule has 0 aromatic heterocycles. The molecule has 0 amide bonds. The van der Waals surface area contributed by atoms with Gasteiger partial charge in [-0.2, -0.15) is 0 Å². The van der Waals surface area contributed by atoms with E-state index in [2.05, 4.69) is 36.4 Å². The zero-order valence-electron chi connectivity index (χ0n) is 12.2. The molecule has 0 heterocycles. The van der Waals surface area contributed by atoms with Crippen molar-refractivity contribution in [3.63, 3.8) is 0 Å². The van der Waals surface area contributed by atoms with Crippen molar-refractivity contribution in [2.75, 3.05) is 7.11 Å². The smallest absolute Gasteiger partial charge is 0.338 e. The SMILES string of the molecule is COC(=O)c1cccc2c1ccc1ccc3ccccc3c12. The zero-order chi connectivity index (χ0) is 15.1. The third kappa shape index (κ3) is 1.77. The first-order valence-corrected chi connectivity index (χ1v) is 7.21. The van der Waals surface area contributed by atoms with Gasteiger partial charge < -0.3 is 4.74 Å². The number of carbonyl (C=O) groups excluding carboxylic acids is 1. The van der Waals surface area contributed by atoms with E-state index in [-0.39, 0.29) is 5.97 Å². The van der Waals surface area contributed by atoms with Gasteiger partial charge in [0.2, 0.25) is 0 Å². The Morgan fingerprint density at radius 3 is 2.32 bits per heavy atom. The number of fused-ring (bicyclic) bond motifs is 5. The number of ether oxygens (including phenoxy) is 1. The third-order valence-electron chi connectivity index (χ3n) is 4.17. The van der Waals surface area contributed by atoms with E-state index in [1.54, 1.807) is 0 Å². The van der Waals surface area contributed by atoms with Crippen molar-refractivity contribution < 1.29 is 9.53 Å². The van der Waals surface area contributed by atoms with E-state index in [9.17, 15) is 4.79 Å². The zero-order valence-corrected chi connectivity index (χ0v) is 12.2. The predicted octanol–water partition coefficient (Wildman–Crippen LogP) is 4.93. The highest BCUT2D eigenvalue weighted by atomic mass is 16.5. The van der Waals surface area contributed by atoms with Gasteiger partial charge in [0.15, 0.2) is 0 Å². The van der Waals surface area contributed by atoms with Gasteiger partial charge in [0, 0.05) is 0 Å². The lowest BCUT2D eigenvalue weighted by Crippen LogP contribution is -2.01. The number of carbonyl (C=O) groups is 1. The fourth-order valence-electron chi connectivity index (χ4n) is 3.15. The van der Waals surface area contributed by atoms with Crippen LogP contribution in [0.25, 0.3) is 32.3 Å². The van der Waals surface area contributed by atoms with Crippen molar-refractivity contribution >= 4 is 38.3 Å². The number of hydrogen-bond acceptors (Lipinski definition) is 2. The minimum Gasteiger partial charge on any atom is -0.465 e. The maximum absolute atomic E-state index is 12.0. The van der Waals surface area contributed by atoms with Crippen LogP contribution in [0.15, 0.2) is 66.7 Å². The fraction of sp³-hybridized carbons (Fsp3) is 0.0500. The summed E-state index contributed by atoms with van der Waals surface area (Å²) in [4.78, 5) is 12.0. The van der Waals surface area contributed by atoms with Crippen molar-refractivity contribution in [3.05, 3.63) is 72.3 Å². The van der Waals surface area contributed by atoms with Gasteiger partial charge >= 0.3 is 5.97 Å². The molecule has 0 aliphatic carbocycles. The molecular formula is C20H14O2. The normalized spacial score (nSPS) is 11.1. The molecule has 0 fully saturated rings. The van der Waals surface area contributed by atoms with Crippen LogP contribution in [0.5, 0.6) is 0 Å². The lowest BCUT2D eigenvalue weighted by Gasteiger charge is -2.10. The minimum atomic E-state index is -0.301. The van der Waals surface area contributed by atoms with E-state index in [1.807, 2.05) is 30.3 Å². The number of methoxy groups -OCH3 is 1. The molecule has 0 atom stereocenters. The number of rotatable bonds is 1. The lowest BCUT2D eigenvalue weighted by molar-refractivity contribution is 0.0603. The first-order valence-electron chi connectivity index (χ1n) is 7.21. The summed E-state index contributed by atoms with van der Waals surface area (Å²) in [5.74, 6) is -0.301. The number of benzene rings is 4. The lowest BCUT2D eigenvalue weighted by atomic mass is 9.94. The topological polar surface area (TPSA) is 26.3 Å². The van der Waals surface area contributed by atoms with Crippen LogP contribution in [0.2, 0.25) is 0 Å². The van der Waals surface area contributed by atoms with Crippen molar-refractivity contribution in [1.29, 1.82) is 0 Å². The van der Waals surface area contributed by atoms with E-state index >= 15 is 0 Å². The van der Waals surface area contributed by atoms with E-state index in [0.29, 0.717) is 5.56 Å². The first-order chi connectivity index (χ1) is 10.8. The van der Waals surface area contributed by atoms with Crippen molar-refractivity contribution in [3.8, 4) is 0 Å². The summed E-state index contributed by atoms with van der Waals surface area (Å²) in [6, 6.07) is 22.4. The van der Waals surface area contributed by atoms with E-state index in [4.69, 9.17) is 4.74 Å². The summed E-state index contributed by atoms with van der Waals surface area (Å²) in [5.41, 5.74) is 0.606. The molecule has 0 spiro atoms. The molecule has 0 bridgehead atoms. The molecule has 4 aromatic carbocycles. The predicted molar refractivity (Wildman–Crippen MR) is 90.3 cm³/mol. The van der Waals surface area contributed by atoms with Crippen LogP contribution >= 0.6 is 0 Å². The van der Waals surface area contributed by atoms with Gasteiger partial charge in [-0.25, -0.2) is 4.79 Å². The summed E-state index contributed by atoms with van der Waals surface area (Å²) in [6.45, 7) is 0. The number of esters is 1. The summed E-state index contributed by atoms with van der Waals surface area (Å²) in [7, 11) is 1.41. The largest absolute Gasteiger partial charge is 0.465 e. The Morgan fingerprint density at radius 2 is 1.45 bits per heavy atom. The van der Waals surface area contributed by atoms with Crippen LogP contribution in [0, 0.1) is 0 Å². The summed E-state index contributed by atoms with van der Waals surface area (Å²) in [5, 5.41) is 6.77. The Hall–Kier alpha value is -2.87. The Kier molecular flexibility index (Phi) is 2.83. The molecule has 106 valence electrons. The second kappa shape index (κ2) is 4.85. The Labute approximate surface area is 127 Å². The quantitative estimate of drug-likeness (QED) is 0.366. The molecule has 0 saturated heterocycles. The summed E-state index contributed by atoms with van der Waals surface area (Å²) >= 11 is 0. The van der Waals surface area contributed by atoms with E-state index in [0.717, 1.165) is 10.8 Å². The molecule has 0 N–H and O–H groups in total. The van der Waals surface area contributed by atoms with Crippen LogP contribution in [0.4, 0.5) is 0 Å². The highest BCUT2D eigenvalue weighted by Crippen LogP contribution is 2.33. The van der Waals surface area contributed by atoms with Crippen molar-refractivity contribution in [2.45, 2.75) is 0 Å². The highest BCUT2D eigenvalue weighted by Gasteiger charge is 2.12. The second-order valence-corrected chi connectivity index (χ2v) is 5.34. The molecule has 2 nitrogen and oxygen atoms in total. The monoisotopic (exact) mass is 286 g/mol. The second-order valence-electron chi connectivity index (χ2n) is 5.34. The maximum atomic E-state index is 12.0. The van der Waals surface area contributed by atoms with Gasteiger partial charge in [-0.3, -0.25) is 0 Å². The van der Waals surface area contributed by atoms with Crippen molar-refractivity contribution in [2.24, 2.45) is 0 Å². The van der Waals surface area contributed by atoms with Crippen molar-refractivity contribution in [1.82, 2.24) is 0 Å². The highest BCUT2D eigenvalue weighted by molar-refractivity contribution is 6.22. The average molecular weight is 286 g/mol. The standard InChI is InChI=1S/C20H14O2/c1-22-20(21)18-8-4-7-17-16(18)12-11-14-10-9-13-5-2-3-6-15(13)19(14)17/h2-12H,1H3. The van der Waals surface area contributed by atoms with Crippen LogP contribution in [0.1, 0.15) is 10.4 Å². The molecule has 4 aromatic rings. The molecule has 4 rings (SSSR count). The van der Waals surface area contributed by atoms with Crippen LogP contribution in [-0.4, -0.2) is 13.1 Å². The van der Waals surface area contributed by atoms with Gasteiger partial charge in [-0.15, -0.1) is 0 Å². The van der Waals surface area contributed by atoms with Crippen LogP contribution in [-0.2, 0) is 4.74 Å². The molecule has 22 heavy (non-hydrogen) atoms.